The predicted octanol–water partition coefficient (Wildman–Crippen LogP) is 2.64. The van der Waals surface area contributed by atoms with Crippen LogP contribution in [0.3, 0.4) is 0 Å². The molecule has 1 aliphatic rings. The molecule has 1 saturated heterocycles. The predicted molar refractivity (Wildman–Crippen MR) is 108 cm³/mol. The lowest BCUT2D eigenvalue weighted by Gasteiger charge is -2.31. The van der Waals surface area contributed by atoms with Crippen molar-refractivity contribution in [3.8, 4) is 6.07 Å². The molecule has 3 aromatic rings. The molecule has 0 radical (unpaired) electrons. The quantitative estimate of drug-likeness (QED) is 0.782. The Morgan fingerprint density at radius 2 is 1.85 bits per heavy atom. The summed E-state index contributed by atoms with van der Waals surface area (Å²) >= 11 is 0. The summed E-state index contributed by atoms with van der Waals surface area (Å²) in [7, 11) is 0. The maximum Gasteiger partial charge on any atom is 0.271 e. The third-order valence-electron chi connectivity index (χ3n) is 5.12. The van der Waals surface area contributed by atoms with Crippen LogP contribution >= 0.6 is 0 Å². The molecule has 27 heavy (non-hydrogen) atoms. The van der Waals surface area contributed by atoms with Crippen LogP contribution in [0.1, 0.15) is 16.7 Å². The number of nitrogens with zero attached hydrogens (tertiary/aromatic N) is 3. The average molecular weight is 358 g/mol. The van der Waals surface area contributed by atoms with E-state index in [1.54, 1.807) is 4.57 Å². The molecule has 136 valence electrons. The Morgan fingerprint density at radius 1 is 1.11 bits per heavy atom. The summed E-state index contributed by atoms with van der Waals surface area (Å²) in [4.78, 5) is 15.4. The normalized spacial score (nSPS) is 14.3. The monoisotopic (exact) mass is 358 g/mol. The van der Waals surface area contributed by atoms with Crippen molar-refractivity contribution in [1.29, 1.82) is 5.26 Å². The average Bonchev–Trinajstić information content (AvgIpc) is 2.71. The van der Waals surface area contributed by atoms with E-state index in [2.05, 4.69) is 22.4 Å². The molecule has 0 bridgehead atoms. The van der Waals surface area contributed by atoms with Crippen molar-refractivity contribution in [2.75, 3.05) is 31.1 Å². The third-order valence-corrected chi connectivity index (χ3v) is 5.12. The molecule has 0 amide bonds. The van der Waals surface area contributed by atoms with Gasteiger partial charge in [0, 0.05) is 31.6 Å². The Bertz CT molecular complexity index is 1070. The zero-order chi connectivity index (χ0) is 18.8. The Labute approximate surface area is 158 Å². The van der Waals surface area contributed by atoms with Crippen molar-refractivity contribution in [2.24, 2.45) is 0 Å². The second-order valence-electron chi connectivity index (χ2n) is 6.97. The first-order valence-electron chi connectivity index (χ1n) is 9.26. The fraction of sp³-hybridized carbons (Fsp3) is 0.273. The van der Waals surface area contributed by atoms with E-state index in [-0.39, 0.29) is 11.1 Å². The van der Waals surface area contributed by atoms with Gasteiger partial charge in [0.1, 0.15) is 11.6 Å². The number of fused-ring (bicyclic) bond motifs is 1. The molecule has 0 unspecified atom stereocenters. The number of pyridine rings is 1. The molecule has 1 N–H and O–H groups in total. The van der Waals surface area contributed by atoms with Gasteiger partial charge in [0.15, 0.2) is 0 Å². The van der Waals surface area contributed by atoms with Gasteiger partial charge in [-0.15, -0.1) is 0 Å². The molecule has 5 heteroatoms. The van der Waals surface area contributed by atoms with Crippen molar-refractivity contribution in [3.63, 3.8) is 0 Å². The third kappa shape index (κ3) is 3.20. The van der Waals surface area contributed by atoms with Gasteiger partial charge in [-0.1, -0.05) is 42.0 Å². The van der Waals surface area contributed by atoms with Crippen molar-refractivity contribution in [2.45, 2.75) is 13.5 Å². The molecular weight excluding hydrogens is 336 g/mol. The summed E-state index contributed by atoms with van der Waals surface area (Å²) in [5.41, 5.74) is 3.85. The van der Waals surface area contributed by atoms with Crippen LogP contribution in [-0.4, -0.2) is 30.7 Å². The summed E-state index contributed by atoms with van der Waals surface area (Å²) in [6.07, 6.45) is 0. The standard InChI is InChI=1S/C22H22N4O/c1-16-7-8-20-18(13-16)21(25-11-9-24-10-12-25)19(14-23)22(27)26(20)15-17-5-3-2-4-6-17/h2-8,13,24H,9-12,15H2,1H3. The Kier molecular flexibility index (Phi) is 4.66. The Morgan fingerprint density at radius 3 is 2.56 bits per heavy atom. The smallest absolute Gasteiger partial charge is 0.271 e. The summed E-state index contributed by atoms with van der Waals surface area (Å²) in [5.74, 6) is 0. The maximum atomic E-state index is 13.3. The fourth-order valence-electron chi connectivity index (χ4n) is 3.80. The van der Waals surface area contributed by atoms with Crippen LogP contribution in [-0.2, 0) is 6.54 Å². The van der Waals surface area contributed by atoms with E-state index in [1.165, 1.54) is 0 Å². The molecule has 1 fully saturated rings. The number of hydrogen-bond donors (Lipinski definition) is 1. The van der Waals surface area contributed by atoms with Crippen LogP contribution in [0.2, 0.25) is 0 Å². The molecule has 0 saturated carbocycles. The highest BCUT2D eigenvalue weighted by atomic mass is 16.1. The topological polar surface area (TPSA) is 61.1 Å². The number of benzene rings is 2. The largest absolute Gasteiger partial charge is 0.367 e. The van der Waals surface area contributed by atoms with Gasteiger partial charge in [-0.3, -0.25) is 4.79 Å². The molecule has 2 heterocycles. The fourth-order valence-corrected chi connectivity index (χ4v) is 3.80. The van der Waals surface area contributed by atoms with Gasteiger partial charge < -0.3 is 14.8 Å². The van der Waals surface area contributed by atoms with Gasteiger partial charge >= 0.3 is 0 Å². The molecule has 5 nitrogen and oxygen atoms in total. The van der Waals surface area contributed by atoms with Crippen molar-refractivity contribution >= 4 is 16.6 Å². The lowest BCUT2D eigenvalue weighted by atomic mass is 10.0. The minimum atomic E-state index is -0.216. The molecule has 1 aliphatic heterocycles. The molecule has 0 atom stereocenters. The summed E-state index contributed by atoms with van der Waals surface area (Å²) in [5, 5.41) is 14.2. The molecule has 0 aliphatic carbocycles. The molecule has 1 aromatic heterocycles. The zero-order valence-electron chi connectivity index (χ0n) is 15.4. The van der Waals surface area contributed by atoms with Crippen LogP contribution in [0.15, 0.2) is 53.3 Å². The van der Waals surface area contributed by atoms with Gasteiger partial charge in [0.25, 0.3) is 5.56 Å². The summed E-state index contributed by atoms with van der Waals surface area (Å²) < 4.78 is 1.73. The first-order chi connectivity index (χ1) is 13.2. The maximum absolute atomic E-state index is 13.3. The van der Waals surface area contributed by atoms with Crippen LogP contribution in [0.25, 0.3) is 10.9 Å². The summed E-state index contributed by atoms with van der Waals surface area (Å²) in [6.45, 7) is 5.78. The van der Waals surface area contributed by atoms with Crippen molar-refractivity contribution < 1.29 is 0 Å². The van der Waals surface area contributed by atoms with Crippen LogP contribution < -0.4 is 15.8 Å². The molecule has 4 rings (SSSR count). The molecule has 2 aromatic carbocycles. The first kappa shape index (κ1) is 17.3. The Hall–Kier alpha value is -3.10. The van der Waals surface area contributed by atoms with E-state index in [0.29, 0.717) is 6.54 Å². The van der Waals surface area contributed by atoms with E-state index >= 15 is 0 Å². The van der Waals surface area contributed by atoms with Crippen LogP contribution in [0.4, 0.5) is 5.69 Å². The van der Waals surface area contributed by atoms with Gasteiger partial charge in [-0.25, -0.2) is 0 Å². The highest BCUT2D eigenvalue weighted by Crippen LogP contribution is 2.30. The second kappa shape index (κ2) is 7.26. The van der Waals surface area contributed by atoms with Gasteiger partial charge in [-0.2, -0.15) is 5.26 Å². The van der Waals surface area contributed by atoms with Gasteiger partial charge in [-0.05, 0) is 24.6 Å². The van der Waals surface area contributed by atoms with E-state index in [0.717, 1.165) is 53.9 Å². The number of rotatable bonds is 3. The van der Waals surface area contributed by atoms with E-state index in [1.807, 2.05) is 49.4 Å². The number of aromatic nitrogens is 1. The van der Waals surface area contributed by atoms with E-state index < -0.39 is 0 Å². The SMILES string of the molecule is Cc1ccc2c(c1)c(N1CCNCC1)c(C#N)c(=O)n2Cc1ccccc1. The number of anilines is 1. The summed E-state index contributed by atoms with van der Waals surface area (Å²) in [6, 6.07) is 18.2. The van der Waals surface area contributed by atoms with Gasteiger partial charge in [0.2, 0.25) is 0 Å². The lowest BCUT2D eigenvalue weighted by Crippen LogP contribution is -2.44. The second-order valence-corrected chi connectivity index (χ2v) is 6.97. The van der Waals surface area contributed by atoms with Crippen molar-refractivity contribution in [3.05, 3.63) is 75.6 Å². The van der Waals surface area contributed by atoms with Crippen LogP contribution in [0, 0.1) is 18.3 Å². The van der Waals surface area contributed by atoms with Crippen molar-refractivity contribution in [1.82, 2.24) is 9.88 Å². The minimum absolute atomic E-state index is 0.216. The lowest BCUT2D eigenvalue weighted by molar-refractivity contribution is 0.589. The Balaban J connectivity index is 1.99. The van der Waals surface area contributed by atoms with E-state index in [9.17, 15) is 10.1 Å². The highest BCUT2D eigenvalue weighted by molar-refractivity contribution is 5.95. The number of piperazine rings is 1. The van der Waals surface area contributed by atoms with Crippen LogP contribution in [0.5, 0.6) is 0 Å². The number of hydrogen-bond acceptors (Lipinski definition) is 4. The number of nitrogens with one attached hydrogen (secondary N) is 1. The highest BCUT2D eigenvalue weighted by Gasteiger charge is 2.22. The molecule has 0 spiro atoms. The van der Waals surface area contributed by atoms with Gasteiger partial charge in [0.05, 0.1) is 17.7 Å². The molecular formula is C22H22N4O. The number of aryl methyl sites for hydroxylation is 1. The zero-order valence-corrected chi connectivity index (χ0v) is 15.4. The first-order valence-corrected chi connectivity index (χ1v) is 9.26. The number of nitriles is 1. The van der Waals surface area contributed by atoms with E-state index in [4.69, 9.17) is 0 Å². The minimum Gasteiger partial charge on any atom is -0.367 e.